The van der Waals surface area contributed by atoms with Crippen LogP contribution in [0, 0.1) is 11.3 Å². The van der Waals surface area contributed by atoms with Crippen LogP contribution < -0.4 is 16.0 Å². The second-order valence-electron chi connectivity index (χ2n) is 16.4. The number of likely N-dealkylation sites (tertiary alicyclic amines) is 1. The molecule has 5 aromatic rings. The molecule has 4 aliphatic heterocycles. The molecule has 9 rings (SSSR count). The smallest absolute Gasteiger partial charge is 0.255 e. The number of piperidine rings is 2. The van der Waals surface area contributed by atoms with Crippen molar-refractivity contribution in [2.75, 3.05) is 50.3 Å². The van der Waals surface area contributed by atoms with Gasteiger partial charge in [-0.2, -0.15) is 19.6 Å². The van der Waals surface area contributed by atoms with Gasteiger partial charge in [-0.05, 0) is 92.7 Å². The Balaban J connectivity index is 0.767. The lowest BCUT2D eigenvalue weighted by molar-refractivity contribution is -0.136. The van der Waals surface area contributed by atoms with Crippen molar-refractivity contribution in [2.24, 2.45) is 0 Å². The number of hydrogen-bond donors (Lipinski definition) is 4. The fraction of sp³-hybridized carbons (Fsp3) is 0.395. The third-order valence-electron chi connectivity index (χ3n) is 12.6. The number of hydrogen-bond acceptors (Lipinski definition) is 12. The van der Waals surface area contributed by atoms with E-state index in [2.05, 4.69) is 48.1 Å². The predicted molar refractivity (Wildman–Crippen MR) is 227 cm³/mol. The molecule has 62 heavy (non-hydrogen) atoms. The first-order valence-corrected chi connectivity index (χ1v) is 22.4. The Morgan fingerprint density at radius 2 is 1.82 bits per heavy atom. The fourth-order valence-corrected chi connectivity index (χ4v) is 10.2. The van der Waals surface area contributed by atoms with Crippen LogP contribution in [-0.2, 0) is 31.7 Å². The van der Waals surface area contributed by atoms with Gasteiger partial charge in [0.05, 0.1) is 30.1 Å². The number of imide groups is 1. The van der Waals surface area contributed by atoms with Crippen molar-refractivity contribution >= 4 is 56.3 Å². The topological polar surface area (TPSA) is 231 Å². The van der Waals surface area contributed by atoms with E-state index in [1.165, 1.54) is 9.87 Å². The van der Waals surface area contributed by atoms with Gasteiger partial charge in [-0.1, -0.05) is 12.1 Å². The molecule has 1 atom stereocenters. The monoisotopic (exact) mass is 858 g/mol. The number of nitrogens with zero attached hydrogens (tertiary/aromatic N) is 8. The van der Waals surface area contributed by atoms with Gasteiger partial charge in [0, 0.05) is 79.3 Å². The number of nitrogens with one attached hydrogen (secondary N) is 4. The number of rotatable bonds is 13. The van der Waals surface area contributed by atoms with Gasteiger partial charge in [0.1, 0.15) is 17.2 Å². The molecule has 3 saturated heterocycles. The highest BCUT2D eigenvalue weighted by Gasteiger charge is 2.50. The third kappa shape index (κ3) is 7.80. The molecule has 4 aliphatic rings. The van der Waals surface area contributed by atoms with Gasteiger partial charge < -0.3 is 25.4 Å². The zero-order chi connectivity index (χ0) is 43.2. The van der Waals surface area contributed by atoms with E-state index < -0.39 is 27.5 Å². The number of nitriles is 1. The quantitative estimate of drug-likeness (QED) is 0.125. The summed E-state index contributed by atoms with van der Waals surface area (Å²) in [5.74, 6) is -0.389. The lowest BCUT2D eigenvalue weighted by Gasteiger charge is -2.47. The highest BCUT2D eigenvalue weighted by atomic mass is 32.2. The van der Waals surface area contributed by atoms with Gasteiger partial charge in [-0.15, -0.1) is 0 Å². The van der Waals surface area contributed by atoms with Gasteiger partial charge in [0.25, 0.3) is 11.8 Å². The number of anilines is 2. The van der Waals surface area contributed by atoms with Crippen molar-refractivity contribution in [3.8, 4) is 17.3 Å². The van der Waals surface area contributed by atoms with Crippen LogP contribution in [0.15, 0.2) is 67.1 Å². The SMILES string of the molecule is CCS(=O)(=O)N1CC(CC#N)(n2cc(-c3nc(Nc4ccc(C(=O)NCCN5CCC(c6ccc7c(c6)CN(C6CCC(=O)NC6=O)C7=O)CC5)cc4)nc4[nH]ccc34)cn2)C1. The summed E-state index contributed by atoms with van der Waals surface area (Å²) in [4.78, 5) is 66.8. The molecular formula is C43H46N12O6S. The highest BCUT2D eigenvalue weighted by molar-refractivity contribution is 7.89. The molecule has 2 aromatic carbocycles. The van der Waals surface area contributed by atoms with Crippen molar-refractivity contribution in [1.82, 2.24) is 49.5 Å². The first-order valence-electron chi connectivity index (χ1n) is 20.8. The predicted octanol–water partition coefficient (Wildman–Crippen LogP) is 3.21. The Labute approximate surface area is 357 Å². The van der Waals surface area contributed by atoms with E-state index in [-0.39, 0.29) is 49.4 Å². The van der Waals surface area contributed by atoms with Crippen LogP contribution >= 0.6 is 0 Å². The van der Waals surface area contributed by atoms with E-state index in [0.29, 0.717) is 65.1 Å². The number of H-pyrrole nitrogens is 1. The Morgan fingerprint density at radius 1 is 1.03 bits per heavy atom. The number of carbonyl (C=O) groups is 4. The first-order chi connectivity index (χ1) is 29.9. The number of sulfonamides is 1. The zero-order valence-electron chi connectivity index (χ0n) is 34.1. The van der Waals surface area contributed by atoms with Crippen molar-refractivity contribution < 1.29 is 27.6 Å². The second kappa shape index (κ2) is 16.4. The number of aromatic amines is 1. The van der Waals surface area contributed by atoms with Crippen molar-refractivity contribution in [2.45, 2.75) is 63.1 Å². The van der Waals surface area contributed by atoms with E-state index in [9.17, 15) is 32.9 Å². The number of benzene rings is 2. The maximum atomic E-state index is 13.1. The molecule has 3 fully saturated rings. The summed E-state index contributed by atoms with van der Waals surface area (Å²) < 4.78 is 28.0. The molecule has 1 unspecified atom stereocenters. The first kappa shape index (κ1) is 40.9. The van der Waals surface area contributed by atoms with E-state index in [0.717, 1.165) is 43.4 Å². The van der Waals surface area contributed by atoms with Gasteiger partial charge >= 0.3 is 0 Å². The molecular weight excluding hydrogens is 813 g/mol. The minimum Gasteiger partial charge on any atom is -0.351 e. The van der Waals surface area contributed by atoms with Gasteiger partial charge in [0.15, 0.2) is 0 Å². The summed E-state index contributed by atoms with van der Waals surface area (Å²) in [6, 6.07) is 16.5. The summed E-state index contributed by atoms with van der Waals surface area (Å²) in [6.45, 7) is 5.28. The van der Waals surface area contributed by atoms with Crippen molar-refractivity contribution in [1.29, 1.82) is 5.26 Å². The molecule has 4 N–H and O–H groups in total. The molecule has 0 radical (unpaired) electrons. The molecule has 320 valence electrons. The number of carbonyl (C=O) groups excluding carboxylic acids is 4. The summed E-state index contributed by atoms with van der Waals surface area (Å²) in [7, 11) is -3.39. The number of fused-ring (bicyclic) bond motifs is 2. The third-order valence-corrected chi connectivity index (χ3v) is 14.4. The van der Waals surface area contributed by atoms with Crippen LogP contribution in [0.1, 0.15) is 76.8 Å². The average molecular weight is 859 g/mol. The molecule has 3 aromatic heterocycles. The Hall–Kier alpha value is -6.49. The maximum Gasteiger partial charge on any atom is 0.255 e. The van der Waals surface area contributed by atoms with E-state index in [1.54, 1.807) is 59.4 Å². The van der Waals surface area contributed by atoms with E-state index in [1.807, 2.05) is 18.2 Å². The van der Waals surface area contributed by atoms with Gasteiger partial charge in [0.2, 0.25) is 27.8 Å². The van der Waals surface area contributed by atoms with Crippen molar-refractivity contribution in [3.63, 3.8) is 0 Å². The molecule has 0 aliphatic carbocycles. The molecule has 0 spiro atoms. The number of aromatic nitrogens is 5. The minimum absolute atomic E-state index is 0.00987. The molecule has 7 heterocycles. The maximum absolute atomic E-state index is 13.1. The van der Waals surface area contributed by atoms with Gasteiger partial charge in [-0.3, -0.25) is 29.2 Å². The average Bonchev–Trinajstić information content (AvgIpc) is 4.02. The van der Waals surface area contributed by atoms with E-state index >= 15 is 0 Å². The summed E-state index contributed by atoms with van der Waals surface area (Å²) in [6.07, 6.45) is 7.80. The fourth-order valence-electron chi connectivity index (χ4n) is 9.00. The van der Waals surface area contributed by atoms with Crippen LogP contribution in [-0.4, -0.2) is 122 Å². The molecule has 19 heteroatoms. The second-order valence-corrected chi connectivity index (χ2v) is 18.7. The summed E-state index contributed by atoms with van der Waals surface area (Å²) >= 11 is 0. The Morgan fingerprint density at radius 3 is 2.56 bits per heavy atom. The van der Waals surface area contributed by atoms with Crippen LogP contribution in [0.4, 0.5) is 11.6 Å². The highest BCUT2D eigenvalue weighted by Crippen LogP contribution is 2.37. The Kier molecular flexibility index (Phi) is 10.8. The molecule has 0 bridgehead atoms. The normalized spacial score (nSPS) is 19.5. The lowest BCUT2D eigenvalue weighted by Crippen LogP contribution is -2.64. The van der Waals surface area contributed by atoms with Gasteiger partial charge in [-0.25, -0.2) is 13.4 Å². The zero-order valence-corrected chi connectivity index (χ0v) is 34.9. The summed E-state index contributed by atoms with van der Waals surface area (Å²) in [5.41, 5.74) is 5.05. The Bertz CT molecular complexity index is 2730. The van der Waals surface area contributed by atoms with Crippen LogP contribution in [0.2, 0.25) is 0 Å². The number of amides is 4. The standard InChI is InChI=1S/C43H46N12O6S/c1-2-62(60,61)53-25-43(26-53,14-15-44)55-24-31(22-47-55)37-34-11-16-45-38(34)51-42(50-37)48-32-6-3-28(4-7-32)39(57)46-17-20-52-18-12-27(13-19-52)29-5-8-33-30(21-29)23-54(41(33)59)35-9-10-36(56)49-40(35)58/h3-8,11,16,21-22,24,27,35H,2,9-10,12-14,17-20,23,25-26H2,1H3,(H,46,57)(H,49,56,58)(H2,45,48,50,51). The van der Waals surface area contributed by atoms with Crippen LogP contribution in [0.3, 0.4) is 0 Å². The largest absolute Gasteiger partial charge is 0.351 e. The minimum atomic E-state index is -3.39. The molecule has 18 nitrogen and oxygen atoms in total. The molecule has 4 amide bonds. The van der Waals surface area contributed by atoms with Crippen LogP contribution in [0.25, 0.3) is 22.3 Å². The van der Waals surface area contributed by atoms with Crippen molar-refractivity contribution in [3.05, 3.63) is 89.4 Å². The van der Waals surface area contributed by atoms with E-state index in [4.69, 9.17) is 4.98 Å². The molecule has 0 saturated carbocycles. The van der Waals surface area contributed by atoms with Crippen LogP contribution in [0.5, 0.6) is 0 Å². The lowest BCUT2D eigenvalue weighted by atomic mass is 9.88. The summed E-state index contributed by atoms with van der Waals surface area (Å²) in [5, 5.41) is 23.5.